The van der Waals surface area contributed by atoms with Crippen LogP contribution in [0.15, 0.2) is 78.3 Å². The number of benzene rings is 2. The number of hydrogen-bond acceptors (Lipinski definition) is 11. The lowest BCUT2D eigenvalue weighted by Gasteiger charge is -2.34. The highest BCUT2D eigenvalue weighted by molar-refractivity contribution is 5.99. The molecule has 3 aliphatic rings. The summed E-state index contributed by atoms with van der Waals surface area (Å²) in [4.78, 5) is 134. The monoisotopic (exact) mass is 1030 g/mol. The summed E-state index contributed by atoms with van der Waals surface area (Å²) in [5.41, 5.74) is 20.2. The number of ketones is 1. The second-order valence-electron chi connectivity index (χ2n) is 19.8. The molecule has 3 saturated heterocycles. The van der Waals surface area contributed by atoms with Crippen LogP contribution in [0.25, 0.3) is 10.9 Å². The molecule has 8 atom stereocenters. The Morgan fingerprint density at radius 2 is 1.28 bits per heavy atom. The Bertz CT molecular complexity index is 2650. The Labute approximate surface area is 435 Å². The fourth-order valence-corrected chi connectivity index (χ4v) is 10.4. The van der Waals surface area contributed by atoms with Crippen LogP contribution < -0.4 is 43.8 Å². The van der Waals surface area contributed by atoms with Crippen molar-refractivity contribution in [2.75, 3.05) is 26.2 Å². The average molecular weight is 1030 g/mol. The molecule has 0 unspecified atom stereocenters. The van der Waals surface area contributed by atoms with E-state index in [0.717, 1.165) is 23.7 Å². The van der Waals surface area contributed by atoms with E-state index in [0.29, 0.717) is 48.9 Å². The van der Waals surface area contributed by atoms with Gasteiger partial charge in [-0.2, -0.15) is 0 Å². The van der Waals surface area contributed by atoms with E-state index in [-0.39, 0.29) is 70.7 Å². The van der Waals surface area contributed by atoms with E-state index in [4.69, 9.17) is 17.2 Å². The van der Waals surface area contributed by atoms with E-state index in [9.17, 15) is 38.4 Å². The summed E-state index contributed by atoms with van der Waals surface area (Å²) in [7, 11) is 0. The Kier molecular flexibility index (Phi) is 19.5. The van der Waals surface area contributed by atoms with Crippen molar-refractivity contribution >= 4 is 64.0 Å². The van der Waals surface area contributed by atoms with Gasteiger partial charge in [0.15, 0.2) is 11.7 Å². The summed E-state index contributed by atoms with van der Waals surface area (Å²) in [5.74, 6) is -6.11. The van der Waals surface area contributed by atoms with Gasteiger partial charge in [0.05, 0.1) is 12.4 Å². The molecule has 0 aliphatic carbocycles. The van der Waals surface area contributed by atoms with E-state index in [1.807, 2.05) is 31.2 Å². The molecule has 13 N–H and O–H groups in total. The van der Waals surface area contributed by atoms with Gasteiger partial charge in [-0.1, -0.05) is 74.7 Å². The molecule has 22 nitrogen and oxygen atoms in total. The first-order valence-electron chi connectivity index (χ1n) is 26.2. The molecule has 22 heteroatoms. The Morgan fingerprint density at radius 3 is 1.99 bits per heavy atom. The number of H-pyrrole nitrogens is 2. The second-order valence-corrected chi connectivity index (χ2v) is 19.8. The zero-order valence-electron chi connectivity index (χ0n) is 42.6. The Morgan fingerprint density at radius 1 is 0.653 bits per heavy atom. The molecule has 75 heavy (non-hydrogen) atoms. The molecule has 0 saturated carbocycles. The summed E-state index contributed by atoms with van der Waals surface area (Å²) in [5, 5.41) is 15.1. The number of hydrogen-bond donors (Lipinski definition) is 10. The molecule has 4 aromatic rings. The second kappa shape index (κ2) is 26.5. The molecule has 0 spiro atoms. The van der Waals surface area contributed by atoms with Gasteiger partial charge in [0, 0.05) is 80.3 Å². The first-order valence-corrected chi connectivity index (χ1v) is 26.2. The number of carbonyl (C=O) groups is 8. The highest BCUT2D eigenvalue weighted by atomic mass is 16.2. The van der Waals surface area contributed by atoms with Crippen molar-refractivity contribution in [3.05, 3.63) is 90.1 Å². The van der Waals surface area contributed by atoms with Gasteiger partial charge in [-0.25, -0.2) is 4.98 Å². The number of carbonyl (C=O) groups excluding carboxylic acids is 8. The number of amides is 7. The van der Waals surface area contributed by atoms with Crippen molar-refractivity contribution in [1.29, 1.82) is 0 Å². The molecule has 0 bridgehead atoms. The number of Topliss-reactive ketones (excluding diaryl/α,β-unsaturated/α-hetero) is 1. The summed E-state index contributed by atoms with van der Waals surface area (Å²) in [6, 6.07) is 8.29. The molecular formula is C53H72N14O8. The lowest BCUT2D eigenvalue weighted by Crippen LogP contribution is -2.60. The third-order valence-corrected chi connectivity index (χ3v) is 14.4. The highest BCUT2D eigenvalue weighted by Crippen LogP contribution is 2.28. The van der Waals surface area contributed by atoms with Gasteiger partial charge >= 0.3 is 0 Å². The molecular weight excluding hydrogens is 961 g/mol. The van der Waals surface area contributed by atoms with Crippen LogP contribution in [0.2, 0.25) is 0 Å². The molecule has 3 fully saturated rings. The van der Waals surface area contributed by atoms with Gasteiger partial charge < -0.3 is 63.6 Å². The van der Waals surface area contributed by atoms with Crippen molar-refractivity contribution in [1.82, 2.24) is 51.3 Å². The van der Waals surface area contributed by atoms with Gasteiger partial charge in [-0.05, 0) is 68.6 Å². The van der Waals surface area contributed by atoms with E-state index >= 15 is 0 Å². The topological polar surface area (TPSA) is 338 Å². The van der Waals surface area contributed by atoms with Crippen LogP contribution in [0.3, 0.4) is 0 Å². The number of aromatic nitrogens is 3. The quantitative estimate of drug-likeness (QED) is 0.0443. The van der Waals surface area contributed by atoms with Crippen molar-refractivity contribution < 1.29 is 38.4 Å². The highest BCUT2D eigenvalue weighted by Gasteiger charge is 2.45. The standard InChI is InChI=1S/C53H72N14O8/c1-2-3-5-17-39-51(74)67-23-12-20-44(67)52(75)66-22-11-19-43(66)50(73)64-41(27-35-30-57-31-60-35)48(71)63-40(24-32-13-6-4-7-14-32)47(70)61-38(18-10-21-58-53(55)56)45(68)26-33(46(69)65-42(28-54)49(72)62-39)25-34-29-59-37-16-9-8-15-36(34)37/h4,6-9,13-16,29-31,33,38-44,59H,2-3,5,10-12,17-28,54H2,1H3,(H,57,60)(H,61,70)(H,62,72)(H,63,71)(H,64,73)(H,65,69)(H4,55,56,58)/t33-,38+,39+,40-,41+,42+,43+,44-/m1/s1. The predicted molar refractivity (Wildman–Crippen MR) is 280 cm³/mol. The van der Waals surface area contributed by atoms with Gasteiger partial charge in [-0.3, -0.25) is 43.3 Å². The summed E-state index contributed by atoms with van der Waals surface area (Å²) >= 11 is 0. The normalized spacial score (nSPS) is 24.9. The minimum Gasteiger partial charge on any atom is -0.370 e. The van der Waals surface area contributed by atoms with Crippen LogP contribution in [0.1, 0.15) is 94.4 Å². The van der Waals surface area contributed by atoms with Crippen LogP contribution in [0.4, 0.5) is 0 Å². The smallest absolute Gasteiger partial charge is 0.246 e. The zero-order valence-corrected chi connectivity index (χ0v) is 42.6. The van der Waals surface area contributed by atoms with Gasteiger partial charge in [0.25, 0.3) is 0 Å². The van der Waals surface area contributed by atoms with E-state index in [1.54, 1.807) is 36.5 Å². The summed E-state index contributed by atoms with van der Waals surface area (Å²) < 4.78 is 0. The lowest BCUT2D eigenvalue weighted by molar-refractivity contribution is -0.148. The number of nitrogens with two attached hydrogens (primary N) is 3. The number of rotatable bonds is 15. The van der Waals surface area contributed by atoms with Crippen LogP contribution in [-0.2, 0) is 57.6 Å². The number of aromatic amines is 2. The minimum atomic E-state index is -1.33. The SMILES string of the molecule is CCCCC[C@@H]1NC(=O)[C@H](CN)NC(=O)[C@H](Cc2c[nH]c3ccccc23)CC(=O)[C@H](CCCN=C(N)N)NC(=O)[C@@H](Cc2ccccc2)NC(=O)[C@H](Cc2cnc[nH]2)NC(=O)[C@@H]2CCCN2C(=O)[C@H]2CCCN2C1=O. The first-order chi connectivity index (χ1) is 36.2. The fourth-order valence-electron chi connectivity index (χ4n) is 10.4. The maximum Gasteiger partial charge on any atom is 0.246 e. The predicted octanol–water partition coefficient (Wildman–Crippen LogP) is 0.507. The number of aliphatic imine (C=N–C) groups is 1. The number of nitrogens with one attached hydrogen (secondary N) is 7. The number of para-hydroxylation sites is 1. The van der Waals surface area contributed by atoms with Gasteiger partial charge in [0.2, 0.25) is 41.4 Å². The maximum atomic E-state index is 14.9. The largest absolute Gasteiger partial charge is 0.370 e. The zero-order chi connectivity index (χ0) is 53.4. The number of fused-ring (bicyclic) bond motifs is 3. The Balaban J connectivity index is 1.28. The molecule has 0 radical (unpaired) electrons. The molecule has 3 aliphatic heterocycles. The van der Waals surface area contributed by atoms with E-state index in [1.165, 1.54) is 22.3 Å². The van der Waals surface area contributed by atoms with Gasteiger partial charge in [0.1, 0.15) is 36.3 Å². The molecule has 7 rings (SSSR count). The molecule has 5 heterocycles. The number of imidazole rings is 1. The first kappa shape index (κ1) is 55.1. The molecule has 7 amide bonds. The van der Waals surface area contributed by atoms with Crippen LogP contribution >= 0.6 is 0 Å². The minimum absolute atomic E-state index is 0.0207. The van der Waals surface area contributed by atoms with E-state index in [2.05, 4.69) is 46.5 Å². The third-order valence-electron chi connectivity index (χ3n) is 14.4. The van der Waals surface area contributed by atoms with Gasteiger partial charge in [-0.15, -0.1) is 0 Å². The Hall–Kier alpha value is -7.62. The van der Waals surface area contributed by atoms with Crippen molar-refractivity contribution in [3.8, 4) is 0 Å². The summed E-state index contributed by atoms with van der Waals surface area (Å²) in [6.07, 6.45) is 8.51. The van der Waals surface area contributed by atoms with Crippen LogP contribution in [0, 0.1) is 5.92 Å². The van der Waals surface area contributed by atoms with E-state index < -0.39 is 102 Å². The lowest BCUT2D eigenvalue weighted by atomic mass is 9.89. The maximum absolute atomic E-state index is 14.9. The third kappa shape index (κ3) is 14.6. The van der Waals surface area contributed by atoms with Crippen molar-refractivity contribution in [3.63, 3.8) is 0 Å². The number of guanidine groups is 1. The molecule has 2 aromatic carbocycles. The molecule has 402 valence electrons. The number of nitrogens with zero attached hydrogens (tertiary/aromatic N) is 4. The number of unbranched alkanes of at least 4 members (excludes halogenated alkanes) is 2. The molecule has 2 aromatic heterocycles. The van der Waals surface area contributed by atoms with Crippen molar-refractivity contribution in [2.45, 2.75) is 139 Å². The van der Waals surface area contributed by atoms with Crippen molar-refractivity contribution in [2.24, 2.45) is 28.1 Å². The fraction of sp³-hybridized carbons (Fsp3) is 0.509. The average Bonchev–Trinajstić information content (AvgIpc) is 4.27. The summed E-state index contributed by atoms with van der Waals surface area (Å²) in [6.45, 7) is 2.23. The van der Waals surface area contributed by atoms with Crippen LogP contribution in [0.5, 0.6) is 0 Å². The van der Waals surface area contributed by atoms with Crippen LogP contribution in [-0.4, -0.2) is 146 Å².